The molecule has 3 aromatic rings. The number of nitrogens with two attached hydrogens (primary N) is 1. The fourth-order valence-corrected chi connectivity index (χ4v) is 5.99. The molecular weight excluding hydrogens is 469 g/mol. The zero-order valence-corrected chi connectivity index (χ0v) is 21.4. The summed E-state index contributed by atoms with van der Waals surface area (Å²) in [4.78, 5) is 18.3. The molecule has 1 aromatic carbocycles. The number of hydrogen-bond acceptors (Lipinski definition) is 8. The zero-order chi connectivity index (χ0) is 25.2. The Balaban J connectivity index is 1.13. The summed E-state index contributed by atoms with van der Waals surface area (Å²) in [6.07, 6.45) is 13.4. The summed E-state index contributed by atoms with van der Waals surface area (Å²) in [5.74, 6) is 0.635. The van der Waals surface area contributed by atoms with Gasteiger partial charge >= 0.3 is 0 Å². The number of rotatable bonds is 5. The van der Waals surface area contributed by atoms with Crippen molar-refractivity contribution < 1.29 is 4.39 Å². The quantitative estimate of drug-likeness (QED) is 0.531. The van der Waals surface area contributed by atoms with Crippen LogP contribution in [0.4, 0.5) is 27.7 Å². The maximum Gasteiger partial charge on any atom is 0.254 e. The molecule has 6 rings (SSSR count). The van der Waals surface area contributed by atoms with Gasteiger partial charge in [-0.1, -0.05) is 12.8 Å². The lowest BCUT2D eigenvalue weighted by Crippen LogP contribution is -2.44. The van der Waals surface area contributed by atoms with Crippen LogP contribution in [-0.4, -0.2) is 61.9 Å². The highest BCUT2D eigenvalue weighted by Crippen LogP contribution is 2.29. The van der Waals surface area contributed by atoms with Gasteiger partial charge in [-0.25, -0.2) is 14.4 Å². The van der Waals surface area contributed by atoms with Crippen LogP contribution in [0.2, 0.25) is 0 Å². The van der Waals surface area contributed by atoms with Crippen molar-refractivity contribution in [1.29, 1.82) is 0 Å². The van der Waals surface area contributed by atoms with E-state index in [0.717, 1.165) is 50.9 Å². The minimum Gasteiger partial charge on any atom is -0.369 e. The molecule has 0 unspecified atom stereocenters. The highest BCUT2D eigenvalue weighted by molar-refractivity contribution is 5.61. The second kappa shape index (κ2) is 10.6. The van der Waals surface area contributed by atoms with E-state index in [1.807, 2.05) is 18.3 Å². The lowest BCUT2D eigenvalue weighted by molar-refractivity contribution is 0.207. The molecule has 1 aliphatic carbocycles. The first-order valence-electron chi connectivity index (χ1n) is 13.8. The Morgan fingerprint density at radius 3 is 2.49 bits per heavy atom. The zero-order valence-electron chi connectivity index (χ0n) is 21.4. The van der Waals surface area contributed by atoms with E-state index in [1.165, 1.54) is 61.5 Å². The molecular formula is C27H36FN9. The van der Waals surface area contributed by atoms with Crippen LogP contribution in [0.25, 0.3) is 5.95 Å². The smallest absolute Gasteiger partial charge is 0.254 e. The molecule has 0 radical (unpaired) electrons. The van der Waals surface area contributed by atoms with E-state index in [-0.39, 0.29) is 17.7 Å². The van der Waals surface area contributed by atoms with Gasteiger partial charge < -0.3 is 20.9 Å². The lowest BCUT2D eigenvalue weighted by Gasteiger charge is -2.37. The van der Waals surface area contributed by atoms with Crippen LogP contribution in [0.3, 0.4) is 0 Å². The van der Waals surface area contributed by atoms with E-state index in [2.05, 4.69) is 30.2 Å². The van der Waals surface area contributed by atoms with E-state index < -0.39 is 0 Å². The maximum absolute atomic E-state index is 15.1. The molecule has 37 heavy (non-hydrogen) atoms. The van der Waals surface area contributed by atoms with Gasteiger partial charge in [-0.15, -0.1) is 5.10 Å². The first kappa shape index (κ1) is 24.1. The van der Waals surface area contributed by atoms with E-state index in [9.17, 15) is 0 Å². The van der Waals surface area contributed by atoms with Gasteiger partial charge in [0.05, 0.1) is 5.69 Å². The lowest BCUT2D eigenvalue weighted by atomic mass is 9.98. The number of fused-ring (bicyclic) bond motifs is 1. The van der Waals surface area contributed by atoms with Crippen molar-refractivity contribution in [3.63, 3.8) is 0 Å². The van der Waals surface area contributed by atoms with E-state index in [1.54, 1.807) is 0 Å². The molecule has 4 heterocycles. The van der Waals surface area contributed by atoms with Crippen molar-refractivity contribution >= 4 is 23.3 Å². The van der Waals surface area contributed by atoms with Crippen LogP contribution >= 0.6 is 0 Å². The first-order chi connectivity index (χ1) is 18.1. The van der Waals surface area contributed by atoms with Gasteiger partial charge in [0.1, 0.15) is 5.82 Å². The standard InChI is InChI=1S/C27H36FN9/c28-22-17-20(9-10-24(22)36-15-11-21(12-16-36)35-13-5-6-14-35)31-26-33-25(29)37(34-26)27-30-18-19-7-3-1-2-4-8-23(19)32-27/h9-10,17-18,21H,1-8,11-16H2,(H3,29,31,33,34). The fraction of sp³-hybridized carbons (Fsp3) is 0.556. The average Bonchev–Trinajstić information content (AvgIpc) is 3.55. The van der Waals surface area contributed by atoms with Gasteiger partial charge in [-0.05, 0) is 88.2 Å². The van der Waals surface area contributed by atoms with Crippen molar-refractivity contribution in [3.8, 4) is 5.95 Å². The Bertz CT molecular complexity index is 1230. The number of hydrogen-bond donors (Lipinski definition) is 2. The second-order valence-electron chi connectivity index (χ2n) is 10.5. The minimum absolute atomic E-state index is 0.186. The molecule has 196 valence electrons. The molecule has 2 fully saturated rings. The Kier molecular flexibility index (Phi) is 6.91. The van der Waals surface area contributed by atoms with E-state index >= 15 is 4.39 Å². The molecule has 0 bridgehead atoms. The van der Waals surface area contributed by atoms with Gasteiger partial charge in [-0.3, -0.25) is 0 Å². The Labute approximate surface area is 217 Å². The molecule has 2 saturated heterocycles. The number of aromatic nitrogens is 5. The SMILES string of the molecule is Nc1nc(Nc2ccc(N3CCC(N4CCCC4)CC3)c(F)c2)nn1-c1ncc2c(n1)CCCCCC2. The normalized spacial score (nSPS) is 19.4. The van der Waals surface area contributed by atoms with Crippen LogP contribution in [0, 0.1) is 5.82 Å². The summed E-state index contributed by atoms with van der Waals surface area (Å²) in [6.45, 7) is 4.20. The number of nitrogens with zero attached hydrogens (tertiary/aromatic N) is 7. The number of nitrogens with one attached hydrogen (secondary N) is 1. The van der Waals surface area contributed by atoms with Crippen molar-refractivity contribution in [2.24, 2.45) is 0 Å². The second-order valence-corrected chi connectivity index (χ2v) is 10.5. The Morgan fingerprint density at radius 2 is 1.70 bits per heavy atom. The third kappa shape index (κ3) is 5.25. The predicted molar refractivity (Wildman–Crippen MR) is 143 cm³/mol. The average molecular weight is 506 g/mol. The minimum atomic E-state index is -0.248. The predicted octanol–water partition coefficient (Wildman–Crippen LogP) is 4.25. The topological polar surface area (TPSA) is 101 Å². The summed E-state index contributed by atoms with van der Waals surface area (Å²) in [5.41, 5.74) is 9.65. The highest BCUT2D eigenvalue weighted by atomic mass is 19.1. The largest absolute Gasteiger partial charge is 0.369 e. The van der Waals surface area contributed by atoms with Crippen molar-refractivity contribution in [2.45, 2.75) is 70.3 Å². The molecule has 9 nitrogen and oxygen atoms in total. The van der Waals surface area contributed by atoms with E-state index in [4.69, 9.17) is 10.7 Å². The van der Waals surface area contributed by atoms with Crippen molar-refractivity contribution in [3.05, 3.63) is 41.5 Å². The molecule has 2 aromatic heterocycles. The van der Waals surface area contributed by atoms with Crippen molar-refractivity contribution in [2.75, 3.05) is 42.1 Å². The third-order valence-electron chi connectivity index (χ3n) is 8.04. The number of anilines is 4. The Hall–Kier alpha value is -3.27. The summed E-state index contributed by atoms with van der Waals surface area (Å²) in [7, 11) is 0. The van der Waals surface area contributed by atoms with Gasteiger partial charge in [0, 0.05) is 36.7 Å². The molecule has 0 amide bonds. The highest BCUT2D eigenvalue weighted by Gasteiger charge is 2.27. The molecule has 3 aliphatic rings. The number of benzene rings is 1. The molecule has 2 aliphatic heterocycles. The summed E-state index contributed by atoms with van der Waals surface area (Å²) in [6, 6.07) is 5.85. The van der Waals surface area contributed by atoms with Gasteiger partial charge in [-0.2, -0.15) is 9.67 Å². The molecule has 3 N–H and O–H groups in total. The first-order valence-corrected chi connectivity index (χ1v) is 13.8. The fourth-order valence-electron chi connectivity index (χ4n) is 5.99. The molecule has 0 atom stereocenters. The Morgan fingerprint density at radius 1 is 0.919 bits per heavy atom. The van der Waals surface area contributed by atoms with Gasteiger partial charge in [0.2, 0.25) is 11.9 Å². The van der Waals surface area contributed by atoms with Crippen LogP contribution < -0.4 is 16.0 Å². The number of piperidine rings is 1. The molecule has 10 heteroatoms. The van der Waals surface area contributed by atoms with Crippen LogP contribution in [-0.2, 0) is 12.8 Å². The van der Waals surface area contributed by atoms with E-state index in [0.29, 0.717) is 23.4 Å². The van der Waals surface area contributed by atoms with Crippen molar-refractivity contribution in [1.82, 2.24) is 29.6 Å². The third-order valence-corrected chi connectivity index (χ3v) is 8.04. The maximum atomic E-state index is 15.1. The number of likely N-dealkylation sites (tertiary alicyclic amines) is 1. The number of nitrogen functional groups attached to an aromatic ring is 1. The van der Waals surface area contributed by atoms with Crippen LogP contribution in [0.15, 0.2) is 24.4 Å². The van der Waals surface area contributed by atoms with Gasteiger partial charge in [0.25, 0.3) is 5.95 Å². The molecule has 0 saturated carbocycles. The summed E-state index contributed by atoms with van der Waals surface area (Å²) >= 11 is 0. The number of halogens is 1. The van der Waals surface area contributed by atoms with Crippen LogP contribution in [0.5, 0.6) is 0 Å². The van der Waals surface area contributed by atoms with Crippen LogP contribution in [0.1, 0.15) is 62.6 Å². The molecule has 0 spiro atoms. The van der Waals surface area contributed by atoms with Gasteiger partial charge in [0.15, 0.2) is 0 Å². The summed E-state index contributed by atoms with van der Waals surface area (Å²) < 4.78 is 16.6. The summed E-state index contributed by atoms with van der Waals surface area (Å²) in [5, 5.41) is 7.55. The number of aryl methyl sites for hydroxylation is 2. The monoisotopic (exact) mass is 505 g/mol.